The molecule has 2 rings (SSSR count). The Labute approximate surface area is 147 Å². The van der Waals surface area contributed by atoms with Crippen molar-refractivity contribution in [2.24, 2.45) is 0 Å². The molecule has 0 fully saturated rings. The molecule has 0 aromatic heterocycles. The average Bonchev–Trinajstić information content (AvgIpc) is 2.44. The van der Waals surface area contributed by atoms with Crippen molar-refractivity contribution in [3.63, 3.8) is 0 Å². The Hall–Kier alpha value is -2.67. The van der Waals surface area contributed by atoms with Crippen molar-refractivity contribution in [2.45, 2.75) is 32.6 Å². The Morgan fingerprint density at radius 1 is 0.920 bits per heavy atom. The summed E-state index contributed by atoms with van der Waals surface area (Å²) in [6.07, 6.45) is 0. The molecule has 0 radical (unpaired) electrons. The standard InChI is InChI=1S/C18H20N2O4S/c1-11-8-17(19-14(4)22)9-12(2)18(11)25(23,24)20-16-7-5-6-15(10-16)13(3)21/h5-10,20H,1-4H3,(H,19,22). The summed E-state index contributed by atoms with van der Waals surface area (Å²) in [7, 11) is -3.84. The Morgan fingerprint density at radius 2 is 1.52 bits per heavy atom. The van der Waals surface area contributed by atoms with Crippen molar-refractivity contribution in [3.8, 4) is 0 Å². The van der Waals surface area contributed by atoms with E-state index in [2.05, 4.69) is 10.0 Å². The minimum Gasteiger partial charge on any atom is -0.326 e. The lowest BCUT2D eigenvalue weighted by atomic mass is 10.1. The molecular weight excluding hydrogens is 340 g/mol. The third kappa shape index (κ3) is 4.45. The van der Waals surface area contributed by atoms with E-state index in [4.69, 9.17) is 0 Å². The zero-order valence-corrected chi connectivity index (χ0v) is 15.3. The first-order valence-corrected chi connectivity index (χ1v) is 9.11. The van der Waals surface area contributed by atoms with Crippen molar-refractivity contribution >= 4 is 33.1 Å². The molecule has 25 heavy (non-hydrogen) atoms. The summed E-state index contributed by atoms with van der Waals surface area (Å²) in [6.45, 7) is 6.14. The van der Waals surface area contributed by atoms with Crippen LogP contribution in [0.5, 0.6) is 0 Å². The van der Waals surface area contributed by atoms with Crippen LogP contribution in [0.25, 0.3) is 0 Å². The molecule has 0 spiro atoms. The molecule has 0 aliphatic rings. The lowest BCUT2D eigenvalue weighted by Crippen LogP contribution is -2.16. The first-order chi connectivity index (χ1) is 11.6. The van der Waals surface area contributed by atoms with Crippen LogP contribution in [0.1, 0.15) is 35.3 Å². The number of amides is 1. The zero-order chi connectivity index (χ0) is 18.8. The average molecular weight is 360 g/mol. The number of hydrogen-bond donors (Lipinski definition) is 2. The van der Waals surface area contributed by atoms with E-state index in [1.54, 1.807) is 44.2 Å². The van der Waals surface area contributed by atoms with Crippen LogP contribution in [0, 0.1) is 13.8 Å². The number of hydrogen-bond acceptors (Lipinski definition) is 4. The van der Waals surface area contributed by atoms with E-state index in [0.29, 0.717) is 28.1 Å². The van der Waals surface area contributed by atoms with Crippen molar-refractivity contribution in [1.29, 1.82) is 0 Å². The second-order valence-electron chi connectivity index (χ2n) is 5.86. The van der Waals surface area contributed by atoms with E-state index in [1.807, 2.05) is 0 Å². The second kappa shape index (κ2) is 7.06. The maximum absolute atomic E-state index is 12.8. The highest BCUT2D eigenvalue weighted by atomic mass is 32.2. The van der Waals surface area contributed by atoms with E-state index < -0.39 is 10.0 Å². The fourth-order valence-electron chi connectivity index (χ4n) is 2.66. The van der Waals surface area contributed by atoms with Gasteiger partial charge < -0.3 is 5.32 Å². The summed E-state index contributed by atoms with van der Waals surface area (Å²) in [4.78, 5) is 22.8. The molecule has 0 aliphatic carbocycles. The fraction of sp³-hybridized carbons (Fsp3) is 0.222. The highest BCUT2D eigenvalue weighted by molar-refractivity contribution is 7.92. The predicted octanol–water partition coefficient (Wildman–Crippen LogP) is 3.27. The highest BCUT2D eigenvalue weighted by Crippen LogP contribution is 2.26. The molecule has 0 bridgehead atoms. The van der Waals surface area contributed by atoms with Gasteiger partial charge in [0, 0.05) is 23.9 Å². The molecular formula is C18H20N2O4S. The second-order valence-corrected chi connectivity index (χ2v) is 7.48. The van der Waals surface area contributed by atoms with Gasteiger partial charge in [0.2, 0.25) is 5.91 Å². The Balaban J connectivity index is 2.41. The van der Waals surface area contributed by atoms with Gasteiger partial charge in [-0.15, -0.1) is 0 Å². The van der Waals surface area contributed by atoms with Crippen molar-refractivity contribution in [1.82, 2.24) is 0 Å². The Morgan fingerprint density at radius 3 is 2.04 bits per heavy atom. The van der Waals surface area contributed by atoms with E-state index in [9.17, 15) is 18.0 Å². The number of rotatable bonds is 5. The van der Waals surface area contributed by atoms with Gasteiger partial charge in [-0.3, -0.25) is 14.3 Å². The highest BCUT2D eigenvalue weighted by Gasteiger charge is 2.21. The quantitative estimate of drug-likeness (QED) is 0.801. The number of sulfonamides is 1. The maximum atomic E-state index is 12.8. The molecule has 0 unspecified atom stereocenters. The molecule has 7 heteroatoms. The molecule has 0 heterocycles. The van der Waals surface area contributed by atoms with Crippen molar-refractivity contribution < 1.29 is 18.0 Å². The lowest BCUT2D eigenvalue weighted by molar-refractivity contribution is -0.114. The Bertz CT molecular complexity index is 926. The third-order valence-corrected chi connectivity index (χ3v) is 5.26. The molecule has 132 valence electrons. The van der Waals surface area contributed by atoms with Gasteiger partial charge in [-0.1, -0.05) is 12.1 Å². The zero-order valence-electron chi connectivity index (χ0n) is 14.5. The van der Waals surface area contributed by atoms with Crippen LogP contribution in [0.15, 0.2) is 41.3 Å². The molecule has 0 saturated carbocycles. The summed E-state index contributed by atoms with van der Waals surface area (Å²) < 4.78 is 28.1. The third-order valence-electron chi connectivity index (χ3n) is 3.57. The minimum atomic E-state index is -3.84. The van der Waals surface area contributed by atoms with E-state index in [1.165, 1.54) is 19.9 Å². The van der Waals surface area contributed by atoms with Gasteiger partial charge in [-0.05, 0) is 56.2 Å². The van der Waals surface area contributed by atoms with E-state index >= 15 is 0 Å². The predicted molar refractivity (Wildman–Crippen MR) is 97.5 cm³/mol. The van der Waals surface area contributed by atoms with Crippen molar-refractivity contribution in [2.75, 3.05) is 10.0 Å². The van der Waals surface area contributed by atoms with E-state index in [-0.39, 0.29) is 16.6 Å². The van der Waals surface area contributed by atoms with Crippen LogP contribution < -0.4 is 10.0 Å². The normalized spacial score (nSPS) is 11.0. The van der Waals surface area contributed by atoms with Gasteiger partial charge in [-0.25, -0.2) is 8.42 Å². The van der Waals surface area contributed by atoms with Crippen LogP contribution in [-0.4, -0.2) is 20.1 Å². The van der Waals surface area contributed by atoms with Gasteiger partial charge in [-0.2, -0.15) is 0 Å². The SMILES string of the molecule is CC(=O)Nc1cc(C)c(S(=O)(=O)Nc2cccc(C(C)=O)c2)c(C)c1. The maximum Gasteiger partial charge on any atom is 0.262 e. The number of aryl methyl sites for hydroxylation is 2. The monoisotopic (exact) mass is 360 g/mol. The molecule has 2 aromatic rings. The molecule has 0 atom stereocenters. The number of Topliss-reactive ketones (excluding diaryl/α,β-unsaturated/α-hetero) is 1. The van der Waals surface area contributed by atoms with Crippen molar-refractivity contribution in [3.05, 3.63) is 53.1 Å². The van der Waals surface area contributed by atoms with Crippen LogP contribution in [-0.2, 0) is 14.8 Å². The molecule has 1 amide bonds. The van der Waals surface area contributed by atoms with E-state index in [0.717, 1.165) is 0 Å². The van der Waals surface area contributed by atoms with Gasteiger partial charge in [0.05, 0.1) is 4.90 Å². The van der Waals surface area contributed by atoms with Gasteiger partial charge in [0.1, 0.15) is 0 Å². The summed E-state index contributed by atoms with van der Waals surface area (Å²) in [5.41, 5.74) is 2.31. The Kier molecular flexibility index (Phi) is 5.27. The summed E-state index contributed by atoms with van der Waals surface area (Å²) in [5, 5.41) is 2.64. The number of carbonyl (C=O) groups is 2. The first-order valence-electron chi connectivity index (χ1n) is 7.63. The van der Waals surface area contributed by atoms with Crippen LogP contribution in [0.4, 0.5) is 11.4 Å². The molecule has 2 aromatic carbocycles. The minimum absolute atomic E-state index is 0.145. The number of anilines is 2. The summed E-state index contributed by atoms with van der Waals surface area (Å²) >= 11 is 0. The smallest absolute Gasteiger partial charge is 0.262 e. The van der Waals surface area contributed by atoms with Crippen LogP contribution >= 0.6 is 0 Å². The first kappa shape index (κ1) is 18.7. The van der Waals surface area contributed by atoms with Gasteiger partial charge in [0.15, 0.2) is 5.78 Å². The topological polar surface area (TPSA) is 92.3 Å². The molecule has 6 nitrogen and oxygen atoms in total. The van der Waals surface area contributed by atoms with Crippen LogP contribution in [0.2, 0.25) is 0 Å². The fourth-order valence-corrected chi connectivity index (χ4v) is 4.16. The number of nitrogens with one attached hydrogen (secondary N) is 2. The molecule has 0 saturated heterocycles. The van der Waals surface area contributed by atoms with Crippen LogP contribution in [0.3, 0.4) is 0 Å². The molecule has 0 aliphatic heterocycles. The van der Waals surface area contributed by atoms with Gasteiger partial charge in [0.25, 0.3) is 10.0 Å². The number of ketones is 1. The summed E-state index contributed by atoms with van der Waals surface area (Å²) in [6, 6.07) is 9.54. The number of carbonyl (C=O) groups excluding carboxylic acids is 2. The summed E-state index contributed by atoms with van der Waals surface area (Å²) in [5.74, 6) is -0.373. The largest absolute Gasteiger partial charge is 0.326 e. The number of benzene rings is 2. The lowest BCUT2D eigenvalue weighted by Gasteiger charge is -2.15. The van der Waals surface area contributed by atoms with Gasteiger partial charge >= 0.3 is 0 Å². The molecule has 2 N–H and O–H groups in total.